The number of nitrogens with zero attached hydrogens (tertiary/aromatic N) is 3. The summed E-state index contributed by atoms with van der Waals surface area (Å²) in [6, 6.07) is 25.9. The van der Waals surface area contributed by atoms with Crippen molar-refractivity contribution in [3.63, 3.8) is 0 Å². The Morgan fingerprint density at radius 3 is 2.03 bits per heavy atom. The molecular weight excluding hydrogens is 358 g/mol. The average molecular weight is 379 g/mol. The third-order valence-corrected chi connectivity index (χ3v) is 4.80. The molecule has 0 aliphatic rings. The van der Waals surface area contributed by atoms with E-state index in [1.807, 2.05) is 47.4 Å². The van der Waals surface area contributed by atoms with Crippen LogP contribution in [0.15, 0.2) is 104 Å². The zero-order chi connectivity index (χ0) is 19.9. The van der Waals surface area contributed by atoms with Crippen LogP contribution in [0.1, 0.15) is 21.5 Å². The Balaban J connectivity index is 1.68. The number of rotatable bonds is 6. The lowest BCUT2D eigenvalue weighted by molar-refractivity contribution is 0.0730. The van der Waals surface area contributed by atoms with Crippen molar-refractivity contribution in [2.24, 2.45) is 0 Å². The van der Waals surface area contributed by atoms with Gasteiger partial charge in [-0.3, -0.25) is 14.8 Å². The quantitative estimate of drug-likeness (QED) is 0.474. The maximum Gasteiger partial charge on any atom is 0.254 e. The van der Waals surface area contributed by atoms with Gasteiger partial charge >= 0.3 is 0 Å². The van der Waals surface area contributed by atoms with Gasteiger partial charge in [0.25, 0.3) is 5.91 Å². The van der Waals surface area contributed by atoms with E-state index in [1.54, 1.807) is 36.9 Å². The summed E-state index contributed by atoms with van der Waals surface area (Å²) >= 11 is 0. The number of hydrogen-bond acceptors (Lipinski definition) is 3. The molecule has 1 amide bonds. The molecule has 0 radical (unpaired) electrons. The topological polar surface area (TPSA) is 46.1 Å². The summed E-state index contributed by atoms with van der Waals surface area (Å²) in [4.78, 5) is 23.3. The van der Waals surface area contributed by atoms with Gasteiger partial charge in [0, 0.05) is 43.4 Å². The number of carbonyl (C=O) groups is 1. The molecule has 0 aliphatic carbocycles. The standard InChI is InChI=1S/C25H21N3O/c29-25(22-12-16-27-17-13-22)28(18-20-10-14-26-15-11-20)19-23-8-4-5-9-24(23)21-6-2-1-3-7-21/h1-17H,18-19H2. The van der Waals surface area contributed by atoms with Gasteiger partial charge in [-0.1, -0.05) is 54.6 Å². The van der Waals surface area contributed by atoms with Crippen LogP contribution in [0.2, 0.25) is 0 Å². The van der Waals surface area contributed by atoms with Gasteiger partial charge in [-0.15, -0.1) is 0 Å². The number of hydrogen-bond donors (Lipinski definition) is 0. The van der Waals surface area contributed by atoms with Crippen LogP contribution in [0.5, 0.6) is 0 Å². The first-order chi connectivity index (χ1) is 14.3. The molecule has 4 heteroatoms. The maximum absolute atomic E-state index is 13.3. The summed E-state index contributed by atoms with van der Waals surface area (Å²) in [5, 5.41) is 0. The monoisotopic (exact) mass is 379 g/mol. The van der Waals surface area contributed by atoms with Crippen molar-refractivity contribution in [2.75, 3.05) is 0 Å². The molecule has 4 nitrogen and oxygen atoms in total. The molecule has 0 bridgehead atoms. The summed E-state index contributed by atoms with van der Waals surface area (Å²) < 4.78 is 0. The summed E-state index contributed by atoms with van der Waals surface area (Å²) in [5.74, 6) is -0.0212. The molecule has 0 saturated heterocycles. The highest BCUT2D eigenvalue weighted by molar-refractivity contribution is 5.94. The van der Waals surface area contributed by atoms with Crippen LogP contribution in [0.3, 0.4) is 0 Å². The van der Waals surface area contributed by atoms with E-state index in [0.29, 0.717) is 18.7 Å². The molecule has 0 fully saturated rings. The first-order valence-corrected chi connectivity index (χ1v) is 9.53. The van der Waals surface area contributed by atoms with Crippen LogP contribution in [-0.2, 0) is 13.1 Å². The largest absolute Gasteiger partial charge is 0.330 e. The van der Waals surface area contributed by atoms with Crippen molar-refractivity contribution in [1.82, 2.24) is 14.9 Å². The molecule has 2 aromatic carbocycles. The van der Waals surface area contributed by atoms with Crippen LogP contribution in [0.25, 0.3) is 11.1 Å². The van der Waals surface area contributed by atoms with E-state index in [4.69, 9.17) is 0 Å². The van der Waals surface area contributed by atoms with Gasteiger partial charge in [0.05, 0.1) is 0 Å². The van der Waals surface area contributed by atoms with Crippen molar-refractivity contribution >= 4 is 5.91 Å². The highest BCUT2D eigenvalue weighted by Gasteiger charge is 2.18. The molecule has 0 atom stereocenters. The molecule has 0 spiro atoms. The molecule has 0 aliphatic heterocycles. The van der Waals surface area contributed by atoms with E-state index in [9.17, 15) is 4.79 Å². The number of amides is 1. The predicted molar refractivity (Wildman–Crippen MR) is 114 cm³/mol. The Hall–Kier alpha value is -3.79. The zero-order valence-corrected chi connectivity index (χ0v) is 16.0. The van der Waals surface area contributed by atoms with Crippen LogP contribution < -0.4 is 0 Å². The minimum absolute atomic E-state index is 0.0212. The Kier molecular flexibility index (Phi) is 5.72. The molecule has 0 N–H and O–H groups in total. The van der Waals surface area contributed by atoms with Crippen LogP contribution in [0, 0.1) is 0 Å². The van der Waals surface area contributed by atoms with Crippen molar-refractivity contribution < 1.29 is 4.79 Å². The van der Waals surface area contributed by atoms with Gasteiger partial charge in [-0.2, -0.15) is 0 Å². The summed E-state index contributed by atoms with van der Waals surface area (Å²) in [6.45, 7) is 1.02. The third kappa shape index (κ3) is 4.55. The Labute approximate surface area is 170 Å². The fourth-order valence-corrected chi connectivity index (χ4v) is 3.35. The number of carbonyl (C=O) groups excluding carboxylic acids is 1. The second kappa shape index (κ2) is 8.93. The van der Waals surface area contributed by atoms with Gasteiger partial charge in [0.1, 0.15) is 0 Å². The van der Waals surface area contributed by atoms with Crippen LogP contribution >= 0.6 is 0 Å². The Morgan fingerprint density at radius 2 is 1.31 bits per heavy atom. The molecule has 0 unspecified atom stereocenters. The minimum Gasteiger partial charge on any atom is -0.330 e. The van der Waals surface area contributed by atoms with Crippen molar-refractivity contribution in [2.45, 2.75) is 13.1 Å². The summed E-state index contributed by atoms with van der Waals surface area (Å²) in [5.41, 5.74) is 5.06. The lowest BCUT2D eigenvalue weighted by Gasteiger charge is -2.24. The number of aromatic nitrogens is 2. The molecule has 142 valence electrons. The third-order valence-electron chi connectivity index (χ3n) is 4.80. The SMILES string of the molecule is O=C(c1ccncc1)N(Cc1ccncc1)Cc1ccccc1-c1ccccc1. The zero-order valence-electron chi connectivity index (χ0n) is 16.0. The molecule has 2 aromatic heterocycles. The molecule has 0 saturated carbocycles. The van der Waals surface area contributed by atoms with Crippen molar-refractivity contribution in [3.05, 3.63) is 120 Å². The van der Waals surface area contributed by atoms with E-state index in [1.165, 1.54) is 0 Å². The first kappa shape index (κ1) is 18.6. The number of benzene rings is 2. The minimum atomic E-state index is -0.0212. The van der Waals surface area contributed by atoms with E-state index in [0.717, 1.165) is 22.3 Å². The Morgan fingerprint density at radius 1 is 0.690 bits per heavy atom. The highest BCUT2D eigenvalue weighted by atomic mass is 16.2. The fourth-order valence-electron chi connectivity index (χ4n) is 3.35. The van der Waals surface area contributed by atoms with Gasteiger partial charge in [-0.05, 0) is 46.5 Å². The van der Waals surface area contributed by atoms with Crippen LogP contribution in [0.4, 0.5) is 0 Å². The average Bonchev–Trinajstić information content (AvgIpc) is 2.80. The lowest BCUT2D eigenvalue weighted by Crippen LogP contribution is -2.30. The Bertz CT molecular complexity index is 1070. The molecule has 4 rings (SSSR count). The van der Waals surface area contributed by atoms with Gasteiger partial charge in [-0.25, -0.2) is 0 Å². The number of pyridine rings is 2. The van der Waals surface area contributed by atoms with E-state index >= 15 is 0 Å². The molecule has 2 heterocycles. The summed E-state index contributed by atoms with van der Waals surface area (Å²) in [6.07, 6.45) is 6.80. The molecule has 29 heavy (non-hydrogen) atoms. The summed E-state index contributed by atoms with van der Waals surface area (Å²) in [7, 11) is 0. The van der Waals surface area contributed by atoms with Crippen molar-refractivity contribution in [3.8, 4) is 11.1 Å². The first-order valence-electron chi connectivity index (χ1n) is 9.53. The predicted octanol–water partition coefficient (Wildman–Crippen LogP) is 4.99. The molecule has 4 aromatic rings. The van der Waals surface area contributed by atoms with Gasteiger partial charge < -0.3 is 4.90 Å². The second-order valence-corrected chi connectivity index (χ2v) is 6.78. The van der Waals surface area contributed by atoms with E-state index in [-0.39, 0.29) is 5.91 Å². The smallest absolute Gasteiger partial charge is 0.254 e. The second-order valence-electron chi connectivity index (χ2n) is 6.78. The van der Waals surface area contributed by atoms with Crippen molar-refractivity contribution in [1.29, 1.82) is 0 Å². The van der Waals surface area contributed by atoms with Crippen LogP contribution in [-0.4, -0.2) is 20.8 Å². The van der Waals surface area contributed by atoms with Gasteiger partial charge in [0.2, 0.25) is 0 Å². The van der Waals surface area contributed by atoms with E-state index in [2.05, 4.69) is 34.2 Å². The fraction of sp³-hybridized carbons (Fsp3) is 0.0800. The lowest BCUT2D eigenvalue weighted by atomic mass is 9.99. The maximum atomic E-state index is 13.3. The van der Waals surface area contributed by atoms with E-state index < -0.39 is 0 Å². The van der Waals surface area contributed by atoms with Gasteiger partial charge in [0.15, 0.2) is 0 Å². The highest BCUT2D eigenvalue weighted by Crippen LogP contribution is 2.25. The molecular formula is C25H21N3O. The normalized spacial score (nSPS) is 10.5.